The fourth-order valence-electron chi connectivity index (χ4n) is 1.93. The van der Waals surface area contributed by atoms with E-state index in [1.54, 1.807) is 6.26 Å². The summed E-state index contributed by atoms with van der Waals surface area (Å²) in [5, 5.41) is 2.50. The summed E-state index contributed by atoms with van der Waals surface area (Å²) in [5.74, 6) is 0. The molecule has 0 spiro atoms. The molecule has 1 nitrogen and oxygen atoms in total. The van der Waals surface area contributed by atoms with Crippen LogP contribution < -0.4 is 0 Å². The van der Waals surface area contributed by atoms with Crippen molar-refractivity contribution in [2.45, 2.75) is 0 Å². The highest BCUT2D eigenvalue weighted by Gasteiger charge is 2.05. The van der Waals surface area contributed by atoms with Crippen LogP contribution in [0.3, 0.4) is 0 Å². The standard InChI is InChI=1S/C14H9BrO/c15-14-8-11(9-16-14)13-7-3-5-10-4-1-2-6-12(10)13/h1-9H. The molecule has 0 fully saturated rings. The Bertz CT molecular complexity index is 635. The predicted octanol–water partition coefficient (Wildman–Crippen LogP) is 4.86. The van der Waals surface area contributed by atoms with Gasteiger partial charge in [-0.25, -0.2) is 0 Å². The van der Waals surface area contributed by atoms with Gasteiger partial charge in [-0.15, -0.1) is 0 Å². The molecule has 0 aliphatic rings. The summed E-state index contributed by atoms with van der Waals surface area (Å²) in [6, 6.07) is 16.6. The van der Waals surface area contributed by atoms with Gasteiger partial charge in [0.1, 0.15) is 0 Å². The third-order valence-corrected chi connectivity index (χ3v) is 3.08. The summed E-state index contributed by atoms with van der Waals surface area (Å²) in [7, 11) is 0. The Labute approximate surface area is 102 Å². The molecule has 0 unspecified atom stereocenters. The van der Waals surface area contributed by atoms with Gasteiger partial charge >= 0.3 is 0 Å². The van der Waals surface area contributed by atoms with Crippen LogP contribution >= 0.6 is 15.9 Å². The molecule has 0 aliphatic heterocycles. The average Bonchev–Trinajstić information content (AvgIpc) is 2.75. The second-order valence-corrected chi connectivity index (χ2v) is 4.45. The molecule has 0 bridgehead atoms. The third-order valence-electron chi connectivity index (χ3n) is 2.67. The van der Waals surface area contributed by atoms with Crippen LogP contribution in [0.15, 0.2) is 63.9 Å². The number of furan rings is 1. The first kappa shape index (κ1) is 9.67. The minimum absolute atomic E-state index is 0.760. The Morgan fingerprint density at radius 1 is 0.938 bits per heavy atom. The van der Waals surface area contributed by atoms with Crippen molar-refractivity contribution >= 4 is 26.7 Å². The topological polar surface area (TPSA) is 13.1 Å². The van der Waals surface area contributed by atoms with Crippen molar-refractivity contribution in [1.29, 1.82) is 0 Å². The quantitative estimate of drug-likeness (QED) is 0.617. The molecule has 2 heteroatoms. The van der Waals surface area contributed by atoms with Gasteiger partial charge < -0.3 is 4.42 Å². The number of hydrogen-bond acceptors (Lipinski definition) is 1. The van der Waals surface area contributed by atoms with Crippen LogP contribution in [0.25, 0.3) is 21.9 Å². The van der Waals surface area contributed by atoms with E-state index in [1.165, 1.54) is 16.3 Å². The van der Waals surface area contributed by atoms with E-state index in [0.717, 1.165) is 10.2 Å². The van der Waals surface area contributed by atoms with E-state index < -0.39 is 0 Å². The molecule has 0 N–H and O–H groups in total. The summed E-state index contributed by atoms with van der Waals surface area (Å²) >= 11 is 3.33. The zero-order valence-electron chi connectivity index (χ0n) is 8.48. The van der Waals surface area contributed by atoms with Gasteiger partial charge in [-0.05, 0) is 38.3 Å². The molecule has 0 radical (unpaired) electrons. The maximum Gasteiger partial charge on any atom is 0.169 e. The lowest BCUT2D eigenvalue weighted by Gasteiger charge is -2.03. The molecule has 1 heterocycles. The molecule has 3 rings (SSSR count). The number of fused-ring (bicyclic) bond motifs is 1. The zero-order valence-corrected chi connectivity index (χ0v) is 10.1. The smallest absolute Gasteiger partial charge is 0.169 e. The molecule has 0 aliphatic carbocycles. The van der Waals surface area contributed by atoms with E-state index >= 15 is 0 Å². The van der Waals surface area contributed by atoms with Gasteiger partial charge in [0.05, 0.1) is 6.26 Å². The minimum Gasteiger partial charge on any atom is -0.457 e. The summed E-state index contributed by atoms with van der Waals surface area (Å²) < 4.78 is 6.04. The monoisotopic (exact) mass is 272 g/mol. The maximum atomic E-state index is 5.28. The Balaban J connectivity index is 2.31. The highest BCUT2D eigenvalue weighted by atomic mass is 79.9. The summed E-state index contributed by atoms with van der Waals surface area (Å²) in [5.41, 5.74) is 2.30. The lowest BCUT2D eigenvalue weighted by Crippen LogP contribution is -1.77. The van der Waals surface area contributed by atoms with Crippen LogP contribution in [0.1, 0.15) is 0 Å². The van der Waals surface area contributed by atoms with Crippen molar-refractivity contribution in [3.8, 4) is 11.1 Å². The second-order valence-electron chi connectivity index (χ2n) is 3.67. The molecule has 1 aromatic heterocycles. The lowest BCUT2D eigenvalue weighted by atomic mass is 10.0. The van der Waals surface area contributed by atoms with Gasteiger partial charge in [-0.2, -0.15) is 0 Å². The van der Waals surface area contributed by atoms with Crippen molar-refractivity contribution < 1.29 is 4.42 Å². The van der Waals surface area contributed by atoms with Gasteiger partial charge in [-0.3, -0.25) is 0 Å². The number of halogens is 1. The average molecular weight is 273 g/mol. The number of rotatable bonds is 1. The number of hydrogen-bond donors (Lipinski definition) is 0. The van der Waals surface area contributed by atoms with E-state index in [4.69, 9.17) is 4.42 Å². The largest absolute Gasteiger partial charge is 0.457 e. The maximum absolute atomic E-state index is 5.28. The SMILES string of the molecule is Brc1cc(-c2cccc3ccccc23)co1. The first-order chi connectivity index (χ1) is 7.84. The molecular formula is C14H9BrO. The zero-order chi connectivity index (χ0) is 11.0. The lowest BCUT2D eigenvalue weighted by molar-refractivity contribution is 0.542. The van der Waals surface area contributed by atoms with Crippen LogP contribution in [0.5, 0.6) is 0 Å². The Hall–Kier alpha value is -1.54. The summed E-state index contributed by atoms with van der Waals surface area (Å²) in [4.78, 5) is 0. The highest BCUT2D eigenvalue weighted by molar-refractivity contribution is 9.10. The van der Waals surface area contributed by atoms with E-state index in [0.29, 0.717) is 0 Å². The van der Waals surface area contributed by atoms with Crippen molar-refractivity contribution in [3.05, 3.63) is 59.5 Å². The van der Waals surface area contributed by atoms with Crippen molar-refractivity contribution in [2.24, 2.45) is 0 Å². The van der Waals surface area contributed by atoms with Crippen LogP contribution in [0.2, 0.25) is 0 Å². The molecule has 16 heavy (non-hydrogen) atoms. The highest BCUT2D eigenvalue weighted by Crippen LogP contribution is 2.31. The normalized spacial score (nSPS) is 10.8. The van der Waals surface area contributed by atoms with Crippen LogP contribution in [-0.2, 0) is 0 Å². The predicted molar refractivity (Wildman–Crippen MR) is 69.4 cm³/mol. The minimum atomic E-state index is 0.760. The fourth-order valence-corrected chi connectivity index (χ4v) is 2.27. The third kappa shape index (κ3) is 1.55. The summed E-state index contributed by atoms with van der Waals surface area (Å²) in [6.45, 7) is 0. The van der Waals surface area contributed by atoms with Crippen molar-refractivity contribution in [1.82, 2.24) is 0 Å². The van der Waals surface area contributed by atoms with Crippen molar-refractivity contribution in [2.75, 3.05) is 0 Å². The van der Waals surface area contributed by atoms with Crippen LogP contribution in [-0.4, -0.2) is 0 Å². The van der Waals surface area contributed by atoms with Gasteiger partial charge in [0, 0.05) is 5.56 Å². The van der Waals surface area contributed by atoms with E-state index in [-0.39, 0.29) is 0 Å². The first-order valence-electron chi connectivity index (χ1n) is 5.07. The molecule has 2 aromatic carbocycles. The van der Waals surface area contributed by atoms with E-state index in [1.807, 2.05) is 6.07 Å². The Morgan fingerprint density at radius 2 is 1.75 bits per heavy atom. The first-order valence-corrected chi connectivity index (χ1v) is 5.86. The molecule has 0 amide bonds. The van der Waals surface area contributed by atoms with Crippen LogP contribution in [0, 0.1) is 0 Å². The summed E-state index contributed by atoms with van der Waals surface area (Å²) in [6.07, 6.45) is 1.77. The van der Waals surface area contributed by atoms with Gasteiger partial charge in [-0.1, -0.05) is 42.5 Å². The van der Waals surface area contributed by atoms with Gasteiger partial charge in [0.2, 0.25) is 0 Å². The molecule has 3 aromatic rings. The molecule has 78 valence electrons. The Kier molecular flexibility index (Phi) is 2.29. The Morgan fingerprint density at radius 3 is 2.56 bits per heavy atom. The van der Waals surface area contributed by atoms with Gasteiger partial charge in [0.25, 0.3) is 0 Å². The molecule has 0 saturated carbocycles. The number of benzene rings is 2. The molecule has 0 atom stereocenters. The fraction of sp³-hybridized carbons (Fsp3) is 0. The second kappa shape index (κ2) is 3.80. The van der Waals surface area contributed by atoms with E-state index in [9.17, 15) is 0 Å². The molecule has 0 saturated heterocycles. The van der Waals surface area contributed by atoms with E-state index in [2.05, 4.69) is 58.4 Å². The van der Waals surface area contributed by atoms with Crippen molar-refractivity contribution in [3.63, 3.8) is 0 Å². The van der Waals surface area contributed by atoms with Crippen LogP contribution in [0.4, 0.5) is 0 Å². The van der Waals surface area contributed by atoms with Gasteiger partial charge in [0.15, 0.2) is 4.67 Å². The molecular weight excluding hydrogens is 264 g/mol.